The van der Waals surface area contributed by atoms with Gasteiger partial charge in [-0.2, -0.15) is 0 Å². The summed E-state index contributed by atoms with van der Waals surface area (Å²) in [5, 5.41) is 2.85. The van der Waals surface area contributed by atoms with E-state index in [2.05, 4.69) is 12.2 Å². The first kappa shape index (κ1) is 15.4. The average molecular weight is 301 g/mol. The number of unbranched alkanes of at least 4 members (excludes halogenated alkanes) is 1. The molecule has 1 aromatic carbocycles. The van der Waals surface area contributed by atoms with Gasteiger partial charge >= 0.3 is 0 Å². The maximum absolute atomic E-state index is 12.1. The average Bonchev–Trinajstić information content (AvgIpc) is 2.97. The lowest BCUT2D eigenvalue weighted by Gasteiger charge is -2.05. The molecule has 3 nitrogen and oxygen atoms in total. The molecule has 21 heavy (non-hydrogen) atoms. The number of thiophene rings is 1. The number of hydrogen-bond acceptors (Lipinski definition) is 3. The zero-order chi connectivity index (χ0) is 15.2. The molecular weight excluding hydrogens is 282 g/mol. The predicted molar refractivity (Wildman–Crippen MR) is 87.3 cm³/mol. The second kappa shape index (κ2) is 7.18. The van der Waals surface area contributed by atoms with Gasteiger partial charge in [0, 0.05) is 5.69 Å². The Hall–Kier alpha value is -1.94. The summed E-state index contributed by atoms with van der Waals surface area (Å²) in [6.07, 6.45) is 3.42. The smallest absolute Gasteiger partial charge is 0.265 e. The molecule has 1 heterocycles. The van der Waals surface area contributed by atoms with Gasteiger partial charge in [0.2, 0.25) is 0 Å². The molecular formula is C17H19NO2S. The van der Waals surface area contributed by atoms with Crippen LogP contribution in [0.3, 0.4) is 0 Å². The molecule has 1 aromatic heterocycles. The van der Waals surface area contributed by atoms with Crippen LogP contribution < -0.4 is 5.32 Å². The summed E-state index contributed by atoms with van der Waals surface area (Å²) in [4.78, 5) is 24.5. The van der Waals surface area contributed by atoms with Gasteiger partial charge in [-0.3, -0.25) is 9.59 Å². The van der Waals surface area contributed by atoms with Crippen LogP contribution in [0.1, 0.15) is 51.6 Å². The largest absolute Gasteiger partial charge is 0.321 e. The highest BCUT2D eigenvalue weighted by Crippen LogP contribution is 2.19. The molecule has 0 fully saturated rings. The van der Waals surface area contributed by atoms with E-state index in [4.69, 9.17) is 0 Å². The minimum absolute atomic E-state index is 0.0145. The van der Waals surface area contributed by atoms with Gasteiger partial charge in [0.1, 0.15) is 0 Å². The highest BCUT2D eigenvalue weighted by Gasteiger charge is 2.11. The van der Waals surface area contributed by atoms with Crippen LogP contribution in [0.5, 0.6) is 0 Å². The molecule has 2 aromatic rings. The van der Waals surface area contributed by atoms with Gasteiger partial charge in [0.15, 0.2) is 5.78 Å². The third-order valence-electron chi connectivity index (χ3n) is 3.21. The molecule has 4 heteroatoms. The van der Waals surface area contributed by atoms with Crippen molar-refractivity contribution in [2.24, 2.45) is 0 Å². The summed E-state index contributed by atoms with van der Waals surface area (Å²) >= 11 is 1.22. The van der Waals surface area contributed by atoms with E-state index in [9.17, 15) is 9.59 Å². The number of carbonyl (C=O) groups is 2. The van der Waals surface area contributed by atoms with E-state index >= 15 is 0 Å². The number of aryl methyl sites for hydroxylation is 1. The standard InChI is InChI=1S/C17H19NO2S/c1-3-4-5-13-6-8-14(9-7-13)18-17(20)16-11-10-15(21-16)12(2)19/h6-11H,3-5H2,1-2H3,(H,18,20). The van der Waals surface area contributed by atoms with E-state index in [0.717, 1.165) is 12.1 Å². The summed E-state index contributed by atoms with van der Waals surface area (Å²) in [7, 11) is 0. The van der Waals surface area contributed by atoms with E-state index in [1.807, 2.05) is 24.3 Å². The lowest BCUT2D eigenvalue weighted by Crippen LogP contribution is -2.09. The Kier molecular flexibility index (Phi) is 5.28. The summed E-state index contributed by atoms with van der Waals surface area (Å²) < 4.78 is 0. The monoisotopic (exact) mass is 301 g/mol. The number of ketones is 1. The molecule has 1 N–H and O–H groups in total. The number of nitrogens with one attached hydrogen (secondary N) is 1. The Morgan fingerprint density at radius 3 is 2.29 bits per heavy atom. The Bertz CT molecular complexity index is 628. The zero-order valence-electron chi connectivity index (χ0n) is 12.3. The van der Waals surface area contributed by atoms with Crippen LogP contribution in [-0.4, -0.2) is 11.7 Å². The Morgan fingerprint density at radius 1 is 1.05 bits per heavy atom. The normalized spacial score (nSPS) is 10.4. The van der Waals surface area contributed by atoms with Crippen molar-refractivity contribution in [1.82, 2.24) is 0 Å². The third kappa shape index (κ3) is 4.26. The fraction of sp³-hybridized carbons (Fsp3) is 0.294. The van der Waals surface area contributed by atoms with Crippen LogP contribution in [0, 0.1) is 0 Å². The molecule has 0 atom stereocenters. The zero-order valence-corrected chi connectivity index (χ0v) is 13.1. The lowest BCUT2D eigenvalue weighted by molar-refractivity contribution is 0.101. The van der Waals surface area contributed by atoms with Crippen LogP contribution in [-0.2, 0) is 6.42 Å². The fourth-order valence-corrected chi connectivity index (χ4v) is 2.77. The number of Topliss-reactive ketones (excluding diaryl/α,β-unsaturated/α-hetero) is 1. The van der Waals surface area contributed by atoms with Crippen LogP contribution >= 0.6 is 11.3 Å². The highest BCUT2D eigenvalue weighted by molar-refractivity contribution is 7.16. The number of amides is 1. The fourth-order valence-electron chi connectivity index (χ4n) is 1.98. The molecule has 0 saturated carbocycles. The molecule has 2 rings (SSSR count). The van der Waals surface area contributed by atoms with Crippen LogP contribution in [0.2, 0.25) is 0 Å². The van der Waals surface area contributed by atoms with Crippen molar-refractivity contribution in [3.63, 3.8) is 0 Å². The van der Waals surface area contributed by atoms with E-state index in [0.29, 0.717) is 9.75 Å². The second-order valence-electron chi connectivity index (χ2n) is 4.97. The molecule has 0 spiro atoms. The predicted octanol–water partition coefficient (Wildman–Crippen LogP) is 4.55. The first-order valence-corrected chi connectivity index (χ1v) is 7.93. The Balaban J connectivity index is 2.00. The number of benzene rings is 1. The van der Waals surface area contributed by atoms with Crippen molar-refractivity contribution >= 4 is 28.7 Å². The van der Waals surface area contributed by atoms with Crippen molar-refractivity contribution in [3.05, 3.63) is 51.7 Å². The van der Waals surface area contributed by atoms with Gasteiger partial charge in [-0.25, -0.2) is 0 Å². The van der Waals surface area contributed by atoms with Gasteiger partial charge in [-0.05, 0) is 49.6 Å². The molecule has 0 aliphatic heterocycles. The van der Waals surface area contributed by atoms with E-state index < -0.39 is 0 Å². The maximum atomic E-state index is 12.1. The van der Waals surface area contributed by atoms with E-state index in [-0.39, 0.29) is 11.7 Å². The SMILES string of the molecule is CCCCc1ccc(NC(=O)c2ccc(C(C)=O)s2)cc1. The van der Waals surface area contributed by atoms with Gasteiger partial charge in [0.05, 0.1) is 9.75 Å². The lowest BCUT2D eigenvalue weighted by atomic mass is 10.1. The molecule has 0 bridgehead atoms. The topological polar surface area (TPSA) is 46.2 Å². The molecule has 0 aliphatic carbocycles. The number of rotatable bonds is 6. The summed E-state index contributed by atoms with van der Waals surface area (Å²) in [6.45, 7) is 3.67. The molecule has 0 aliphatic rings. The third-order valence-corrected chi connectivity index (χ3v) is 4.39. The number of hydrogen-bond donors (Lipinski definition) is 1. The van der Waals surface area contributed by atoms with Crippen molar-refractivity contribution in [2.45, 2.75) is 33.1 Å². The van der Waals surface area contributed by atoms with Crippen LogP contribution in [0.15, 0.2) is 36.4 Å². The van der Waals surface area contributed by atoms with Crippen molar-refractivity contribution in [1.29, 1.82) is 0 Å². The van der Waals surface area contributed by atoms with E-state index in [1.165, 1.54) is 36.7 Å². The van der Waals surface area contributed by atoms with Crippen molar-refractivity contribution in [2.75, 3.05) is 5.32 Å². The first-order chi connectivity index (χ1) is 10.1. The molecule has 0 unspecified atom stereocenters. The van der Waals surface area contributed by atoms with Gasteiger partial charge in [0.25, 0.3) is 5.91 Å². The van der Waals surface area contributed by atoms with Gasteiger partial charge < -0.3 is 5.32 Å². The van der Waals surface area contributed by atoms with Gasteiger partial charge in [-0.15, -0.1) is 11.3 Å². The summed E-state index contributed by atoms with van der Waals surface area (Å²) in [5.74, 6) is -0.187. The van der Waals surface area contributed by atoms with Crippen molar-refractivity contribution < 1.29 is 9.59 Å². The minimum Gasteiger partial charge on any atom is -0.321 e. The van der Waals surface area contributed by atoms with Crippen molar-refractivity contribution in [3.8, 4) is 0 Å². The Morgan fingerprint density at radius 2 is 1.71 bits per heavy atom. The summed E-state index contributed by atoms with van der Waals surface area (Å²) in [5.41, 5.74) is 2.06. The molecule has 1 amide bonds. The van der Waals surface area contributed by atoms with E-state index in [1.54, 1.807) is 12.1 Å². The van der Waals surface area contributed by atoms with Crippen LogP contribution in [0.25, 0.3) is 0 Å². The highest BCUT2D eigenvalue weighted by atomic mass is 32.1. The number of carbonyl (C=O) groups excluding carboxylic acids is 2. The second-order valence-corrected chi connectivity index (χ2v) is 6.06. The molecule has 0 saturated heterocycles. The maximum Gasteiger partial charge on any atom is 0.265 e. The minimum atomic E-state index is -0.172. The molecule has 0 radical (unpaired) electrons. The first-order valence-electron chi connectivity index (χ1n) is 7.11. The molecule has 110 valence electrons. The number of anilines is 1. The summed E-state index contributed by atoms with van der Waals surface area (Å²) in [6, 6.07) is 11.3. The van der Waals surface area contributed by atoms with Crippen LogP contribution in [0.4, 0.5) is 5.69 Å². The Labute approximate surface area is 129 Å². The quantitative estimate of drug-likeness (QED) is 0.796. The van der Waals surface area contributed by atoms with Gasteiger partial charge in [-0.1, -0.05) is 25.5 Å².